The second kappa shape index (κ2) is 12.6. The van der Waals surface area contributed by atoms with E-state index in [0.29, 0.717) is 23.3 Å². The van der Waals surface area contributed by atoms with Crippen molar-refractivity contribution < 1.29 is 41.7 Å². The van der Waals surface area contributed by atoms with Crippen molar-refractivity contribution in [3.8, 4) is 28.8 Å². The van der Waals surface area contributed by atoms with Crippen LogP contribution in [0.15, 0.2) is 43.0 Å². The molecule has 0 saturated heterocycles. The van der Waals surface area contributed by atoms with Gasteiger partial charge in [-0.2, -0.15) is 18.4 Å². The van der Waals surface area contributed by atoms with Gasteiger partial charge in [0.05, 0.1) is 22.3 Å². The van der Waals surface area contributed by atoms with Gasteiger partial charge in [0.25, 0.3) is 0 Å². The van der Waals surface area contributed by atoms with E-state index in [-0.39, 0.29) is 39.4 Å². The summed E-state index contributed by atoms with van der Waals surface area (Å²) >= 11 is 0. The molecule has 1 atom stereocenters. The van der Waals surface area contributed by atoms with Crippen LogP contribution in [0.3, 0.4) is 0 Å². The minimum Gasteiger partial charge on any atom is -0.487 e. The first-order valence-corrected chi connectivity index (χ1v) is 13.6. The van der Waals surface area contributed by atoms with Gasteiger partial charge in [-0.25, -0.2) is 23.7 Å². The number of carbonyl (C=O) groups is 1. The molecule has 4 rings (SSSR count). The monoisotopic (exact) mass is 629 g/mol. The predicted octanol–water partition coefficient (Wildman–Crippen LogP) is 6.31. The molecular weight excluding hydrogens is 598 g/mol. The number of halogens is 4. The number of aliphatic hydroxyl groups is 1. The van der Waals surface area contributed by atoms with Crippen LogP contribution in [0.5, 0.6) is 11.5 Å². The molecule has 0 amide bonds. The lowest BCUT2D eigenvalue weighted by atomic mass is 10.0. The lowest BCUT2D eigenvalue weighted by Crippen LogP contribution is -2.34. The third-order valence-corrected chi connectivity index (χ3v) is 6.44. The molecule has 0 spiro atoms. The smallest absolute Gasteiger partial charge is 0.420 e. The molecule has 1 N–H and O–H groups in total. The summed E-state index contributed by atoms with van der Waals surface area (Å²) in [5.74, 6) is -0.649. The Labute approximate surface area is 256 Å². The summed E-state index contributed by atoms with van der Waals surface area (Å²) in [7, 11) is 1.71. The van der Waals surface area contributed by atoms with Gasteiger partial charge < -0.3 is 24.2 Å². The number of benzene rings is 2. The largest absolute Gasteiger partial charge is 0.487 e. The Hall–Kier alpha value is -4.90. The molecule has 10 nitrogen and oxygen atoms in total. The van der Waals surface area contributed by atoms with E-state index in [4.69, 9.17) is 19.5 Å². The molecule has 0 aliphatic heterocycles. The lowest BCUT2D eigenvalue weighted by Gasteiger charge is -2.22. The SMILES string of the molecule is C=CCN(C)c1cc(F)cc2c3c(-c4ccc(OCC(O)C(F)(F)F)c(OCC#N)c4)nc(C)nc3n(C(=O)OC(C)(C)C)c12. The van der Waals surface area contributed by atoms with Crippen molar-refractivity contribution in [1.29, 1.82) is 5.26 Å². The summed E-state index contributed by atoms with van der Waals surface area (Å²) < 4.78 is 71.4. The molecule has 0 aliphatic carbocycles. The third-order valence-electron chi connectivity index (χ3n) is 6.44. The van der Waals surface area contributed by atoms with Crippen LogP contribution < -0.4 is 14.4 Å². The van der Waals surface area contributed by atoms with Crippen LogP contribution in [0.1, 0.15) is 26.6 Å². The quantitative estimate of drug-likeness (QED) is 0.168. The maximum absolute atomic E-state index is 15.2. The summed E-state index contributed by atoms with van der Waals surface area (Å²) in [4.78, 5) is 24.6. The molecule has 45 heavy (non-hydrogen) atoms. The van der Waals surface area contributed by atoms with Gasteiger partial charge in [0.1, 0.15) is 29.9 Å². The highest BCUT2D eigenvalue weighted by Crippen LogP contribution is 2.42. The molecule has 238 valence electrons. The van der Waals surface area contributed by atoms with Gasteiger partial charge in [0, 0.05) is 24.5 Å². The van der Waals surface area contributed by atoms with E-state index >= 15 is 4.39 Å². The summed E-state index contributed by atoms with van der Waals surface area (Å²) in [5, 5.41) is 19.0. The molecular formula is C31H31F4N5O5. The second-order valence-electron chi connectivity index (χ2n) is 11.1. The van der Waals surface area contributed by atoms with Crippen LogP contribution in [0.25, 0.3) is 33.2 Å². The molecule has 0 saturated carbocycles. The fraction of sp³-hybridized carbons (Fsp3) is 0.355. The van der Waals surface area contributed by atoms with E-state index in [1.54, 1.807) is 51.8 Å². The summed E-state index contributed by atoms with van der Waals surface area (Å²) in [6, 6.07) is 8.45. The second-order valence-corrected chi connectivity index (χ2v) is 11.1. The van der Waals surface area contributed by atoms with Crippen LogP contribution in [0, 0.1) is 24.1 Å². The minimum atomic E-state index is -4.91. The van der Waals surface area contributed by atoms with Crippen LogP contribution in [0.4, 0.5) is 28.0 Å². The molecule has 1 unspecified atom stereocenters. The van der Waals surface area contributed by atoms with Crippen molar-refractivity contribution in [3.63, 3.8) is 0 Å². The first-order valence-electron chi connectivity index (χ1n) is 13.6. The highest BCUT2D eigenvalue weighted by molar-refractivity contribution is 6.19. The number of hydrogen-bond donors (Lipinski definition) is 1. The number of anilines is 1. The average Bonchev–Trinajstić information content (AvgIpc) is 3.26. The van der Waals surface area contributed by atoms with Crippen molar-refractivity contribution in [3.05, 3.63) is 54.6 Å². The van der Waals surface area contributed by atoms with E-state index in [9.17, 15) is 23.1 Å². The minimum absolute atomic E-state index is 0.110. The highest BCUT2D eigenvalue weighted by Gasteiger charge is 2.39. The zero-order chi connectivity index (χ0) is 33.3. The number of nitriles is 1. The molecule has 2 aromatic heterocycles. The highest BCUT2D eigenvalue weighted by atomic mass is 19.4. The Morgan fingerprint density at radius 3 is 2.51 bits per heavy atom. The molecule has 0 fully saturated rings. The predicted molar refractivity (Wildman–Crippen MR) is 159 cm³/mol. The third kappa shape index (κ3) is 7.09. The first-order chi connectivity index (χ1) is 21.1. The fourth-order valence-corrected chi connectivity index (χ4v) is 4.62. The molecule has 4 aromatic rings. The van der Waals surface area contributed by atoms with Gasteiger partial charge in [0.15, 0.2) is 29.9 Å². The Balaban J connectivity index is 2.03. The van der Waals surface area contributed by atoms with Crippen LogP contribution in [-0.4, -0.2) is 70.4 Å². The van der Waals surface area contributed by atoms with Crippen molar-refractivity contribution in [2.75, 3.05) is 31.7 Å². The Bertz CT molecular complexity index is 1810. The van der Waals surface area contributed by atoms with Gasteiger partial charge in [0.2, 0.25) is 0 Å². The first kappa shape index (κ1) is 33.0. The van der Waals surface area contributed by atoms with Crippen molar-refractivity contribution in [2.24, 2.45) is 0 Å². The zero-order valence-electron chi connectivity index (χ0n) is 25.2. The fourth-order valence-electron chi connectivity index (χ4n) is 4.62. The van der Waals surface area contributed by atoms with Gasteiger partial charge in [-0.3, -0.25) is 0 Å². The van der Waals surface area contributed by atoms with Crippen molar-refractivity contribution in [2.45, 2.75) is 45.6 Å². The number of carbonyl (C=O) groups excluding carboxylic acids is 1. The van der Waals surface area contributed by atoms with E-state index in [0.717, 1.165) is 0 Å². The van der Waals surface area contributed by atoms with E-state index < -0.39 is 43.0 Å². The number of likely N-dealkylation sites (N-methyl/N-ethyl adjacent to an activating group) is 1. The number of ether oxygens (including phenoxy) is 3. The number of nitrogens with zero attached hydrogens (tertiary/aromatic N) is 5. The molecule has 0 aliphatic rings. The number of fused-ring (bicyclic) bond motifs is 3. The number of aromatic nitrogens is 3. The summed E-state index contributed by atoms with van der Waals surface area (Å²) in [6.07, 6.45) is -6.82. The molecule has 2 heterocycles. The molecule has 0 radical (unpaired) electrons. The normalized spacial score (nSPS) is 12.6. The number of aliphatic hydroxyl groups excluding tert-OH is 1. The van der Waals surface area contributed by atoms with Crippen molar-refractivity contribution >= 4 is 33.7 Å². The maximum atomic E-state index is 15.2. The van der Waals surface area contributed by atoms with Crippen LogP contribution in [0.2, 0.25) is 0 Å². The van der Waals surface area contributed by atoms with Crippen LogP contribution in [-0.2, 0) is 4.74 Å². The molecule has 14 heteroatoms. The van der Waals surface area contributed by atoms with Crippen molar-refractivity contribution in [1.82, 2.24) is 14.5 Å². The maximum Gasteiger partial charge on any atom is 0.420 e. The summed E-state index contributed by atoms with van der Waals surface area (Å²) in [5.41, 5.74) is 0.442. The standard InChI is InChI=1S/C31H31F4N5O5/c1-7-11-39(6)21-15-19(32)14-20-25-26(37-17(2)38-28(25)40(27(20)21)29(42)45-30(3,4)5)18-8-9-22(23(13-18)43-12-10-36)44-16-24(41)31(33,34)35/h7-9,13-15,24,41H,1,11-12,16H2,2-6H3. The number of alkyl halides is 3. The average molecular weight is 630 g/mol. The van der Waals surface area contributed by atoms with Gasteiger partial charge in [-0.05, 0) is 58.0 Å². The number of rotatable bonds is 9. The van der Waals surface area contributed by atoms with Gasteiger partial charge in [-0.15, -0.1) is 6.58 Å². The number of hydrogen-bond acceptors (Lipinski definition) is 9. The summed E-state index contributed by atoms with van der Waals surface area (Å²) in [6.45, 7) is 9.17. The van der Waals surface area contributed by atoms with Gasteiger partial charge >= 0.3 is 12.3 Å². The zero-order valence-corrected chi connectivity index (χ0v) is 25.2. The lowest BCUT2D eigenvalue weighted by molar-refractivity contribution is -0.210. The number of aryl methyl sites for hydroxylation is 1. The topological polar surface area (TPSA) is 123 Å². The Kier molecular flexibility index (Phi) is 9.25. The molecule has 2 aromatic carbocycles. The Morgan fingerprint density at radius 2 is 1.89 bits per heavy atom. The van der Waals surface area contributed by atoms with Crippen LogP contribution >= 0.6 is 0 Å². The van der Waals surface area contributed by atoms with E-state index in [1.807, 2.05) is 0 Å². The van der Waals surface area contributed by atoms with E-state index in [2.05, 4.69) is 16.5 Å². The van der Waals surface area contributed by atoms with Gasteiger partial charge in [-0.1, -0.05) is 6.08 Å². The Morgan fingerprint density at radius 1 is 1.18 bits per heavy atom. The molecule has 0 bridgehead atoms. The van der Waals surface area contributed by atoms with E-state index in [1.165, 1.54) is 34.9 Å².